The molecule has 5 rings (SSSR count). The second kappa shape index (κ2) is 9.05. The molecule has 0 unspecified atom stereocenters. The highest BCUT2D eigenvalue weighted by molar-refractivity contribution is 5.91. The van der Waals surface area contributed by atoms with E-state index in [0.29, 0.717) is 12.8 Å². The Morgan fingerprint density at radius 1 is 0.938 bits per heavy atom. The maximum absolute atomic E-state index is 12.5. The lowest BCUT2D eigenvalue weighted by Gasteiger charge is -2.28. The first-order valence-electron chi connectivity index (χ1n) is 11.2. The molecule has 0 spiro atoms. The Kier molecular flexibility index (Phi) is 5.82. The molecule has 1 aliphatic heterocycles. The molecule has 162 valence electrons. The Morgan fingerprint density at radius 2 is 1.59 bits per heavy atom. The summed E-state index contributed by atoms with van der Waals surface area (Å²) >= 11 is 0. The summed E-state index contributed by atoms with van der Waals surface area (Å²) in [5.74, 6) is 1.24. The molecule has 2 aromatic carbocycles. The van der Waals surface area contributed by atoms with Crippen LogP contribution in [0.4, 0.5) is 5.82 Å². The van der Waals surface area contributed by atoms with E-state index in [1.54, 1.807) is 6.33 Å². The van der Waals surface area contributed by atoms with Crippen LogP contribution in [0.3, 0.4) is 0 Å². The van der Waals surface area contributed by atoms with Crippen LogP contribution >= 0.6 is 0 Å². The van der Waals surface area contributed by atoms with Crippen LogP contribution in [0.15, 0.2) is 54.9 Å². The number of rotatable bonds is 6. The van der Waals surface area contributed by atoms with Crippen molar-refractivity contribution in [2.24, 2.45) is 0 Å². The first kappa shape index (κ1) is 20.6. The fourth-order valence-corrected chi connectivity index (χ4v) is 4.39. The highest BCUT2D eigenvalue weighted by Crippen LogP contribution is 2.35. The topological polar surface area (TPSA) is 55.3 Å². The Morgan fingerprint density at radius 3 is 2.28 bits per heavy atom. The number of anilines is 1. The number of Topliss-reactive ketones (excluding diaryl/α,β-unsaturated/α-hetero) is 1. The van der Waals surface area contributed by atoms with Crippen LogP contribution in [0.2, 0.25) is 0 Å². The first-order valence-corrected chi connectivity index (χ1v) is 11.2. The van der Waals surface area contributed by atoms with Gasteiger partial charge in [-0.1, -0.05) is 54.1 Å². The summed E-state index contributed by atoms with van der Waals surface area (Å²) in [6.07, 6.45) is 5.63. The van der Waals surface area contributed by atoms with Crippen LogP contribution in [0.5, 0.6) is 0 Å². The summed E-state index contributed by atoms with van der Waals surface area (Å²) < 4.78 is 5.48. The van der Waals surface area contributed by atoms with Gasteiger partial charge in [-0.25, -0.2) is 9.97 Å². The van der Waals surface area contributed by atoms with Crippen molar-refractivity contribution in [1.82, 2.24) is 9.97 Å². The molecular weight excluding hydrogens is 398 g/mol. The fraction of sp³-hybridized carbons (Fsp3) is 0.296. The Hall–Kier alpha value is -3.31. The number of carbonyl (C=O) groups is 1. The lowest BCUT2D eigenvalue weighted by Crippen LogP contribution is -2.37. The second-order valence-corrected chi connectivity index (χ2v) is 8.58. The van der Waals surface area contributed by atoms with Gasteiger partial charge in [0, 0.05) is 37.9 Å². The SMILES string of the molecule is Cc1ccc(CC(=O)Cc2ccc(C3=Cc4c(ncnc4N4CCOCC4)C3)cc2)cc1. The van der Waals surface area contributed by atoms with Crippen molar-refractivity contribution < 1.29 is 9.53 Å². The zero-order valence-electron chi connectivity index (χ0n) is 18.4. The number of ether oxygens (including phenoxy) is 1. The Labute approximate surface area is 188 Å². The van der Waals surface area contributed by atoms with Crippen LogP contribution in [-0.2, 0) is 28.8 Å². The van der Waals surface area contributed by atoms with E-state index in [-0.39, 0.29) is 5.78 Å². The van der Waals surface area contributed by atoms with Crippen molar-refractivity contribution in [3.63, 3.8) is 0 Å². The maximum atomic E-state index is 12.5. The molecule has 0 bridgehead atoms. The number of ketones is 1. The molecule has 0 amide bonds. The minimum atomic E-state index is 0.236. The van der Waals surface area contributed by atoms with Crippen LogP contribution < -0.4 is 4.90 Å². The Balaban J connectivity index is 1.27. The predicted molar refractivity (Wildman–Crippen MR) is 127 cm³/mol. The van der Waals surface area contributed by atoms with E-state index in [2.05, 4.69) is 64.3 Å². The minimum absolute atomic E-state index is 0.236. The number of nitrogens with zero attached hydrogens (tertiary/aromatic N) is 3. The average molecular weight is 426 g/mol. The normalized spacial score (nSPS) is 15.4. The van der Waals surface area contributed by atoms with E-state index in [1.807, 2.05) is 12.1 Å². The molecule has 2 heterocycles. The minimum Gasteiger partial charge on any atom is -0.378 e. The zero-order valence-corrected chi connectivity index (χ0v) is 18.4. The molecular formula is C27H27N3O2. The quantitative estimate of drug-likeness (QED) is 0.596. The van der Waals surface area contributed by atoms with Gasteiger partial charge in [-0.2, -0.15) is 0 Å². The summed E-state index contributed by atoms with van der Waals surface area (Å²) in [5.41, 5.74) is 7.95. The molecule has 0 atom stereocenters. The number of allylic oxidation sites excluding steroid dienone is 1. The van der Waals surface area contributed by atoms with Crippen molar-refractivity contribution >= 4 is 23.3 Å². The number of carbonyl (C=O) groups excluding carboxylic acids is 1. The lowest BCUT2D eigenvalue weighted by molar-refractivity contribution is -0.117. The molecule has 3 aromatic rings. The molecule has 1 fully saturated rings. The molecule has 0 radical (unpaired) electrons. The van der Waals surface area contributed by atoms with Crippen LogP contribution in [0, 0.1) is 6.92 Å². The smallest absolute Gasteiger partial charge is 0.141 e. The summed E-state index contributed by atoms with van der Waals surface area (Å²) in [6.45, 7) is 5.25. The third kappa shape index (κ3) is 4.48. The molecule has 5 heteroatoms. The molecule has 0 saturated carbocycles. The maximum Gasteiger partial charge on any atom is 0.141 e. The van der Waals surface area contributed by atoms with Gasteiger partial charge in [0.2, 0.25) is 0 Å². The third-order valence-electron chi connectivity index (χ3n) is 6.18. The van der Waals surface area contributed by atoms with Gasteiger partial charge in [-0.3, -0.25) is 4.79 Å². The van der Waals surface area contributed by atoms with Gasteiger partial charge in [-0.05, 0) is 35.3 Å². The van der Waals surface area contributed by atoms with E-state index < -0.39 is 0 Å². The number of hydrogen-bond donors (Lipinski definition) is 0. The standard InChI is InChI=1S/C27H27N3O2/c1-19-2-4-20(5-3-19)14-24(31)15-21-6-8-22(9-7-21)23-16-25-26(17-23)28-18-29-27(25)30-10-12-32-13-11-30/h2-9,16,18H,10-15,17H2,1H3. The number of hydrogen-bond acceptors (Lipinski definition) is 5. The Bertz CT molecular complexity index is 1140. The van der Waals surface area contributed by atoms with Gasteiger partial charge >= 0.3 is 0 Å². The van der Waals surface area contributed by atoms with Crippen molar-refractivity contribution in [2.45, 2.75) is 26.2 Å². The second-order valence-electron chi connectivity index (χ2n) is 8.58. The van der Waals surface area contributed by atoms with E-state index in [9.17, 15) is 4.79 Å². The number of morpholine rings is 1. The third-order valence-corrected chi connectivity index (χ3v) is 6.18. The van der Waals surface area contributed by atoms with Gasteiger partial charge in [0.05, 0.1) is 18.9 Å². The van der Waals surface area contributed by atoms with E-state index in [1.165, 1.54) is 16.7 Å². The van der Waals surface area contributed by atoms with Crippen molar-refractivity contribution in [3.8, 4) is 0 Å². The molecule has 1 aliphatic carbocycles. The molecule has 1 aromatic heterocycles. The highest BCUT2D eigenvalue weighted by Gasteiger charge is 2.23. The molecule has 5 nitrogen and oxygen atoms in total. The largest absolute Gasteiger partial charge is 0.378 e. The highest BCUT2D eigenvalue weighted by atomic mass is 16.5. The van der Waals surface area contributed by atoms with E-state index in [0.717, 1.165) is 60.9 Å². The molecule has 1 saturated heterocycles. The number of benzene rings is 2. The monoisotopic (exact) mass is 425 g/mol. The van der Waals surface area contributed by atoms with E-state index >= 15 is 0 Å². The molecule has 2 aliphatic rings. The van der Waals surface area contributed by atoms with Crippen LogP contribution in [0.25, 0.3) is 11.6 Å². The summed E-state index contributed by atoms with van der Waals surface area (Å²) in [7, 11) is 0. The van der Waals surface area contributed by atoms with Crippen LogP contribution in [-0.4, -0.2) is 42.1 Å². The van der Waals surface area contributed by atoms with Crippen molar-refractivity contribution in [1.29, 1.82) is 0 Å². The van der Waals surface area contributed by atoms with Gasteiger partial charge in [-0.15, -0.1) is 0 Å². The number of aryl methyl sites for hydroxylation is 1. The van der Waals surface area contributed by atoms with Gasteiger partial charge in [0.1, 0.15) is 17.9 Å². The number of aromatic nitrogens is 2. The lowest BCUT2D eigenvalue weighted by atomic mass is 9.99. The van der Waals surface area contributed by atoms with E-state index in [4.69, 9.17) is 4.74 Å². The zero-order chi connectivity index (χ0) is 21.9. The fourth-order valence-electron chi connectivity index (χ4n) is 4.39. The summed E-state index contributed by atoms with van der Waals surface area (Å²) in [6, 6.07) is 16.6. The van der Waals surface area contributed by atoms with Crippen LogP contribution in [0.1, 0.15) is 33.5 Å². The van der Waals surface area contributed by atoms with Crippen molar-refractivity contribution in [2.75, 3.05) is 31.2 Å². The average Bonchev–Trinajstić information content (AvgIpc) is 3.26. The van der Waals surface area contributed by atoms with Gasteiger partial charge in [0.15, 0.2) is 0 Å². The summed E-state index contributed by atoms with van der Waals surface area (Å²) in [4.78, 5) is 23.9. The number of fused-ring (bicyclic) bond motifs is 1. The molecule has 0 N–H and O–H groups in total. The van der Waals surface area contributed by atoms with Crippen molar-refractivity contribution in [3.05, 3.63) is 88.4 Å². The first-order chi connectivity index (χ1) is 15.7. The van der Waals surface area contributed by atoms with Gasteiger partial charge in [0.25, 0.3) is 0 Å². The predicted octanol–water partition coefficient (Wildman–Crippen LogP) is 4.07. The molecule has 32 heavy (non-hydrogen) atoms. The summed E-state index contributed by atoms with van der Waals surface area (Å²) in [5, 5.41) is 0. The van der Waals surface area contributed by atoms with Gasteiger partial charge < -0.3 is 9.64 Å².